The minimum absolute atomic E-state index is 0.00492. The maximum atomic E-state index is 12.4. The van der Waals surface area contributed by atoms with Gasteiger partial charge in [0.2, 0.25) is 5.91 Å². The number of amides is 1. The van der Waals surface area contributed by atoms with Crippen LogP contribution in [0.5, 0.6) is 0 Å². The molecule has 1 amide bonds. The largest absolute Gasteiger partial charge is 0.466 e. The molecule has 2 unspecified atom stereocenters. The van der Waals surface area contributed by atoms with Gasteiger partial charge < -0.3 is 20.3 Å². The summed E-state index contributed by atoms with van der Waals surface area (Å²) in [5, 5.41) is 23.1. The van der Waals surface area contributed by atoms with Gasteiger partial charge in [0.15, 0.2) is 0 Å². The zero-order valence-corrected chi connectivity index (χ0v) is 47.5. The van der Waals surface area contributed by atoms with Crippen LogP contribution in [0, 0.1) is 0 Å². The highest BCUT2D eigenvalue weighted by Gasteiger charge is 2.20. The lowest BCUT2D eigenvalue weighted by molar-refractivity contribution is -0.143. The quantitative estimate of drug-likeness (QED) is 0.0321. The zero-order valence-electron chi connectivity index (χ0n) is 47.5. The highest BCUT2D eigenvalue weighted by molar-refractivity contribution is 5.76. The normalized spacial score (nSPS) is 12.9. The number of esters is 1. The summed E-state index contributed by atoms with van der Waals surface area (Å²) in [6, 6.07) is -0.545. The van der Waals surface area contributed by atoms with Crippen LogP contribution < -0.4 is 5.32 Å². The fourth-order valence-corrected chi connectivity index (χ4v) is 9.52. The number of hydrogen-bond acceptors (Lipinski definition) is 5. The van der Waals surface area contributed by atoms with Crippen LogP contribution in [0.1, 0.15) is 328 Å². The number of carbonyl (C=O) groups is 2. The number of allylic oxidation sites excluding steroid dienone is 8. The van der Waals surface area contributed by atoms with E-state index in [1.54, 1.807) is 0 Å². The molecule has 0 heterocycles. The van der Waals surface area contributed by atoms with E-state index in [0.29, 0.717) is 25.9 Å². The zero-order chi connectivity index (χ0) is 51.4. The van der Waals surface area contributed by atoms with Crippen molar-refractivity contribution in [2.24, 2.45) is 0 Å². The highest BCUT2D eigenvalue weighted by Crippen LogP contribution is 2.17. The van der Waals surface area contributed by atoms with Crippen molar-refractivity contribution < 1.29 is 24.5 Å². The molecule has 0 saturated heterocycles. The van der Waals surface area contributed by atoms with E-state index in [9.17, 15) is 19.8 Å². The van der Waals surface area contributed by atoms with Gasteiger partial charge in [0.25, 0.3) is 0 Å². The van der Waals surface area contributed by atoms with Gasteiger partial charge in [0.1, 0.15) is 0 Å². The molecule has 0 aliphatic carbocycles. The predicted octanol–water partition coefficient (Wildman–Crippen LogP) is 19.7. The van der Waals surface area contributed by atoms with Crippen LogP contribution in [0.15, 0.2) is 48.6 Å². The number of nitrogens with one attached hydrogen (secondary N) is 1. The van der Waals surface area contributed by atoms with Gasteiger partial charge >= 0.3 is 5.97 Å². The average molecular weight is 997 g/mol. The molecule has 0 spiro atoms. The van der Waals surface area contributed by atoms with Crippen LogP contribution in [0.2, 0.25) is 0 Å². The molecular weight excluding hydrogens is 875 g/mol. The smallest absolute Gasteiger partial charge is 0.305 e. The summed E-state index contributed by atoms with van der Waals surface area (Å²) in [4.78, 5) is 24.5. The van der Waals surface area contributed by atoms with E-state index in [1.165, 1.54) is 238 Å². The Morgan fingerprint density at radius 1 is 0.394 bits per heavy atom. The van der Waals surface area contributed by atoms with E-state index in [4.69, 9.17) is 4.74 Å². The lowest BCUT2D eigenvalue weighted by atomic mass is 10.0. The number of hydrogen-bond donors (Lipinski definition) is 3. The van der Waals surface area contributed by atoms with Crippen LogP contribution in [-0.4, -0.2) is 47.4 Å². The third-order valence-corrected chi connectivity index (χ3v) is 14.4. The second kappa shape index (κ2) is 60.4. The number of rotatable bonds is 58. The summed E-state index contributed by atoms with van der Waals surface area (Å²) in [5.41, 5.74) is 0. The fraction of sp³-hybridized carbons (Fsp3) is 0.846. The van der Waals surface area contributed by atoms with Crippen molar-refractivity contribution in [2.45, 2.75) is 341 Å². The molecule has 0 radical (unpaired) electrons. The average Bonchev–Trinajstić information content (AvgIpc) is 3.37. The molecule has 0 fully saturated rings. The lowest BCUT2D eigenvalue weighted by Crippen LogP contribution is -2.45. The van der Waals surface area contributed by atoms with Crippen LogP contribution in [0.4, 0.5) is 0 Å². The molecule has 0 aromatic heterocycles. The maximum absolute atomic E-state index is 12.4. The number of carbonyl (C=O) groups excluding carboxylic acids is 2. The maximum Gasteiger partial charge on any atom is 0.305 e. The molecule has 2 atom stereocenters. The van der Waals surface area contributed by atoms with Crippen molar-refractivity contribution in [3.05, 3.63) is 48.6 Å². The summed E-state index contributed by atoms with van der Waals surface area (Å²) in [6.45, 7) is 4.91. The van der Waals surface area contributed by atoms with Gasteiger partial charge in [-0.2, -0.15) is 0 Å². The number of unbranched alkanes of at least 4 members (excludes halogenated alkanes) is 39. The van der Waals surface area contributed by atoms with Gasteiger partial charge in [-0.1, -0.05) is 274 Å². The van der Waals surface area contributed by atoms with Gasteiger partial charge in [0, 0.05) is 12.8 Å². The molecule has 0 saturated carbocycles. The molecule has 0 aromatic rings. The summed E-state index contributed by atoms with van der Waals surface area (Å²) < 4.78 is 5.49. The van der Waals surface area contributed by atoms with E-state index in [2.05, 4.69) is 67.8 Å². The van der Waals surface area contributed by atoms with E-state index < -0.39 is 12.1 Å². The Morgan fingerprint density at radius 3 is 1.10 bits per heavy atom. The topological polar surface area (TPSA) is 95.9 Å². The Bertz CT molecular complexity index is 1190. The van der Waals surface area contributed by atoms with Gasteiger partial charge in [-0.15, -0.1) is 0 Å². The first-order valence-corrected chi connectivity index (χ1v) is 31.4. The SMILES string of the molecule is CCCCC/C=C\C/C=C\CCCCCCCCCCCC(=O)OCCCCCCCCCCC/C=C\C/C=C\CCCCCCCCCCCC(=O)NC(CO)C(O)CCCCCCCCCCCC. The number of aliphatic hydroxyl groups is 2. The van der Waals surface area contributed by atoms with Crippen LogP contribution in [0.3, 0.4) is 0 Å². The molecule has 71 heavy (non-hydrogen) atoms. The van der Waals surface area contributed by atoms with Crippen molar-refractivity contribution in [1.29, 1.82) is 0 Å². The van der Waals surface area contributed by atoms with E-state index >= 15 is 0 Å². The van der Waals surface area contributed by atoms with E-state index in [1.807, 2.05) is 0 Å². The Kier molecular flexibility index (Phi) is 58.5. The van der Waals surface area contributed by atoms with Crippen LogP contribution in [-0.2, 0) is 14.3 Å². The van der Waals surface area contributed by atoms with Gasteiger partial charge in [-0.3, -0.25) is 9.59 Å². The lowest BCUT2D eigenvalue weighted by Gasteiger charge is -2.22. The molecule has 0 aromatic carbocycles. The third kappa shape index (κ3) is 57.0. The Balaban J connectivity index is 3.40. The standard InChI is InChI=1S/C65H121NO5/c1-3-5-7-9-11-13-15-16-17-18-26-30-33-36-39-43-47-51-55-59-65(70)71-60-56-52-48-44-40-37-34-31-28-25-23-21-19-20-22-24-27-29-32-35-38-42-46-50-54-58-64(69)66-62(61-67)63(68)57-53-49-45-41-14-12-10-8-6-4-2/h11,13,16-17,20-23,62-63,67-68H,3-10,12,14-15,18-19,24-61H2,1-2H3,(H,66,69)/b13-11-,17-16-,22-20-,23-21-. The summed E-state index contributed by atoms with van der Waals surface area (Å²) in [7, 11) is 0. The molecule has 0 aliphatic heterocycles. The Hall–Kier alpha value is -2.18. The molecule has 6 heteroatoms. The van der Waals surface area contributed by atoms with Gasteiger partial charge in [-0.25, -0.2) is 0 Å². The molecule has 0 bridgehead atoms. The first-order chi connectivity index (χ1) is 35.0. The van der Waals surface area contributed by atoms with Gasteiger partial charge in [-0.05, 0) is 89.9 Å². The van der Waals surface area contributed by atoms with Crippen molar-refractivity contribution in [1.82, 2.24) is 5.32 Å². The first kappa shape index (κ1) is 68.8. The molecule has 3 N–H and O–H groups in total. The molecule has 6 nitrogen and oxygen atoms in total. The summed E-state index contributed by atoms with van der Waals surface area (Å²) >= 11 is 0. The minimum atomic E-state index is -0.667. The second-order valence-electron chi connectivity index (χ2n) is 21.4. The molecule has 0 rings (SSSR count). The second-order valence-corrected chi connectivity index (χ2v) is 21.4. The summed E-state index contributed by atoms with van der Waals surface area (Å²) in [6.07, 6.45) is 77.0. The Labute approximate surface area is 442 Å². The predicted molar refractivity (Wildman–Crippen MR) is 310 cm³/mol. The highest BCUT2D eigenvalue weighted by atomic mass is 16.5. The third-order valence-electron chi connectivity index (χ3n) is 14.4. The molecule has 0 aliphatic rings. The Morgan fingerprint density at radius 2 is 0.704 bits per heavy atom. The fourth-order valence-electron chi connectivity index (χ4n) is 9.52. The number of aliphatic hydroxyl groups excluding tert-OH is 2. The minimum Gasteiger partial charge on any atom is -0.466 e. The van der Waals surface area contributed by atoms with Crippen LogP contribution >= 0.6 is 0 Å². The number of ether oxygens (including phenoxy) is 1. The van der Waals surface area contributed by atoms with Crippen molar-refractivity contribution >= 4 is 11.9 Å². The summed E-state index contributed by atoms with van der Waals surface area (Å²) in [5.74, 6) is -0.0379. The monoisotopic (exact) mass is 996 g/mol. The van der Waals surface area contributed by atoms with Crippen LogP contribution in [0.25, 0.3) is 0 Å². The van der Waals surface area contributed by atoms with Crippen molar-refractivity contribution in [2.75, 3.05) is 13.2 Å². The van der Waals surface area contributed by atoms with E-state index in [-0.39, 0.29) is 18.5 Å². The van der Waals surface area contributed by atoms with Gasteiger partial charge in [0.05, 0.1) is 25.4 Å². The first-order valence-electron chi connectivity index (χ1n) is 31.4. The van der Waals surface area contributed by atoms with Crippen molar-refractivity contribution in [3.63, 3.8) is 0 Å². The van der Waals surface area contributed by atoms with Crippen molar-refractivity contribution in [3.8, 4) is 0 Å². The molecule has 416 valence electrons. The molecular formula is C65H121NO5. The van der Waals surface area contributed by atoms with E-state index in [0.717, 1.165) is 57.8 Å².